The SMILES string of the molecule is CCN=C(NC1CCN(CC(=O)N(C)C)CC1)NC1C2CCOC2C12CCC2.I. The molecule has 8 heteroatoms. The van der Waals surface area contributed by atoms with Crippen LogP contribution in [0, 0.1) is 11.3 Å². The maximum absolute atomic E-state index is 11.9. The zero-order valence-corrected chi connectivity index (χ0v) is 20.5. The molecule has 1 spiro atoms. The molecule has 2 aliphatic heterocycles. The second kappa shape index (κ2) is 9.68. The third-order valence-electron chi connectivity index (χ3n) is 7.43. The van der Waals surface area contributed by atoms with Crippen LogP contribution in [0.2, 0.25) is 0 Å². The minimum atomic E-state index is 0. The molecular formula is C21H38IN5O2. The van der Waals surface area contributed by atoms with Crippen molar-refractivity contribution < 1.29 is 9.53 Å². The van der Waals surface area contributed by atoms with Gasteiger partial charge in [-0.25, -0.2) is 0 Å². The molecule has 2 heterocycles. The highest BCUT2D eigenvalue weighted by Crippen LogP contribution is 2.62. The molecule has 0 radical (unpaired) electrons. The van der Waals surface area contributed by atoms with Crippen molar-refractivity contribution in [2.24, 2.45) is 16.3 Å². The van der Waals surface area contributed by atoms with Crippen LogP contribution >= 0.6 is 24.0 Å². The summed E-state index contributed by atoms with van der Waals surface area (Å²) in [5, 5.41) is 7.50. The van der Waals surface area contributed by atoms with E-state index in [2.05, 4.69) is 22.5 Å². The van der Waals surface area contributed by atoms with Crippen molar-refractivity contribution in [1.29, 1.82) is 0 Å². The largest absolute Gasteiger partial charge is 0.377 e. The Morgan fingerprint density at radius 2 is 1.93 bits per heavy atom. The van der Waals surface area contributed by atoms with E-state index in [1.54, 1.807) is 4.90 Å². The molecule has 2 N–H and O–H groups in total. The highest BCUT2D eigenvalue weighted by atomic mass is 127. The number of rotatable bonds is 5. The molecule has 3 atom stereocenters. The molecule has 4 aliphatic rings. The number of amides is 1. The number of likely N-dealkylation sites (N-methyl/N-ethyl adjacent to an activating group) is 1. The van der Waals surface area contributed by atoms with Gasteiger partial charge in [-0.3, -0.25) is 14.7 Å². The van der Waals surface area contributed by atoms with Crippen molar-refractivity contribution >= 4 is 35.8 Å². The first kappa shape index (κ1) is 23.1. The van der Waals surface area contributed by atoms with Crippen LogP contribution in [0.25, 0.3) is 0 Å². The summed E-state index contributed by atoms with van der Waals surface area (Å²) >= 11 is 0. The topological polar surface area (TPSA) is 69.2 Å². The van der Waals surface area contributed by atoms with E-state index in [1.165, 1.54) is 25.7 Å². The average molecular weight is 519 g/mol. The molecule has 166 valence electrons. The van der Waals surface area contributed by atoms with Gasteiger partial charge in [0.05, 0.1) is 12.6 Å². The van der Waals surface area contributed by atoms with Gasteiger partial charge in [-0.05, 0) is 39.0 Å². The molecule has 0 aromatic carbocycles. The summed E-state index contributed by atoms with van der Waals surface area (Å²) in [7, 11) is 3.65. The molecule has 0 aromatic rings. The highest BCUT2D eigenvalue weighted by Gasteiger charge is 2.66. The normalized spacial score (nSPS) is 31.3. The van der Waals surface area contributed by atoms with E-state index in [4.69, 9.17) is 9.73 Å². The molecule has 0 aromatic heterocycles. The monoisotopic (exact) mass is 519 g/mol. The van der Waals surface area contributed by atoms with Gasteiger partial charge in [0.2, 0.25) is 5.91 Å². The third kappa shape index (κ3) is 4.54. The number of likely N-dealkylation sites (tertiary alicyclic amines) is 1. The number of fused-ring (bicyclic) bond motifs is 2. The number of carbonyl (C=O) groups excluding carboxylic acids is 1. The Kier molecular flexibility index (Phi) is 7.70. The maximum atomic E-state index is 11.9. The number of aliphatic imine (C=N–C) groups is 1. The molecular weight excluding hydrogens is 481 g/mol. The summed E-state index contributed by atoms with van der Waals surface area (Å²) < 4.78 is 6.05. The lowest BCUT2D eigenvalue weighted by molar-refractivity contribution is -0.171. The first-order chi connectivity index (χ1) is 13.5. The first-order valence-electron chi connectivity index (χ1n) is 11.1. The quantitative estimate of drug-likeness (QED) is 0.329. The van der Waals surface area contributed by atoms with Gasteiger partial charge < -0.3 is 20.3 Å². The minimum absolute atomic E-state index is 0. The van der Waals surface area contributed by atoms with Crippen LogP contribution < -0.4 is 10.6 Å². The number of ether oxygens (including phenoxy) is 1. The number of halogens is 1. The Bertz CT molecular complexity index is 602. The molecule has 2 aliphatic carbocycles. The van der Waals surface area contributed by atoms with Gasteiger partial charge in [0.25, 0.3) is 0 Å². The number of hydrogen-bond acceptors (Lipinski definition) is 4. The van der Waals surface area contributed by atoms with E-state index in [-0.39, 0.29) is 29.9 Å². The number of guanidine groups is 1. The lowest BCUT2D eigenvalue weighted by Gasteiger charge is -2.63. The number of hydrogen-bond donors (Lipinski definition) is 2. The van der Waals surface area contributed by atoms with E-state index < -0.39 is 0 Å². The number of piperidine rings is 1. The van der Waals surface area contributed by atoms with Gasteiger partial charge in [-0.2, -0.15) is 0 Å². The van der Waals surface area contributed by atoms with Crippen LogP contribution in [0.1, 0.15) is 45.4 Å². The minimum Gasteiger partial charge on any atom is -0.377 e. The summed E-state index contributed by atoms with van der Waals surface area (Å²) in [5.74, 6) is 1.82. The first-order valence-corrected chi connectivity index (χ1v) is 11.1. The van der Waals surface area contributed by atoms with Gasteiger partial charge in [0.15, 0.2) is 5.96 Å². The molecule has 2 saturated carbocycles. The molecule has 1 amide bonds. The zero-order valence-electron chi connectivity index (χ0n) is 18.2. The van der Waals surface area contributed by atoms with E-state index in [0.29, 0.717) is 36.1 Å². The van der Waals surface area contributed by atoms with Gasteiger partial charge in [0, 0.05) is 63.8 Å². The third-order valence-corrected chi connectivity index (χ3v) is 7.43. The van der Waals surface area contributed by atoms with Crippen molar-refractivity contribution in [3.05, 3.63) is 0 Å². The van der Waals surface area contributed by atoms with Crippen LogP contribution in [-0.4, -0.2) is 86.7 Å². The van der Waals surface area contributed by atoms with E-state index >= 15 is 0 Å². The Morgan fingerprint density at radius 3 is 2.52 bits per heavy atom. The Hall–Kier alpha value is -0.610. The maximum Gasteiger partial charge on any atom is 0.236 e. The van der Waals surface area contributed by atoms with Crippen LogP contribution in [0.5, 0.6) is 0 Å². The van der Waals surface area contributed by atoms with Crippen molar-refractivity contribution in [3.8, 4) is 0 Å². The van der Waals surface area contributed by atoms with E-state index in [0.717, 1.165) is 45.0 Å². The van der Waals surface area contributed by atoms with Crippen LogP contribution in [0.3, 0.4) is 0 Å². The fraction of sp³-hybridized carbons (Fsp3) is 0.905. The molecule has 7 nitrogen and oxygen atoms in total. The summed E-state index contributed by atoms with van der Waals surface area (Å²) in [6, 6.07) is 0.945. The molecule has 0 bridgehead atoms. The zero-order chi connectivity index (χ0) is 19.7. The molecule has 4 fully saturated rings. The fourth-order valence-corrected chi connectivity index (χ4v) is 5.66. The predicted octanol–water partition coefficient (Wildman–Crippen LogP) is 1.67. The number of nitrogens with one attached hydrogen (secondary N) is 2. The summed E-state index contributed by atoms with van der Waals surface area (Å²) in [5.41, 5.74) is 0.368. The van der Waals surface area contributed by atoms with Crippen LogP contribution in [-0.2, 0) is 9.53 Å². The van der Waals surface area contributed by atoms with Crippen molar-refractivity contribution in [1.82, 2.24) is 20.4 Å². The lowest BCUT2D eigenvalue weighted by atomic mass is 9.46. The second-order valence-corrected chi connectivity index (χ2v) is 9.26. The Morgan fingerprint density at radius 1 is 1.21 bits per heavy atom. The van der Waals surface area contributed by atoms with Gasteiger partial charge in [0.1, 0.15) is 0 Å². The average Bonchev–Trinajstić information content (AvgIpc) is 3.05. The summed E-state index contributed by atoms with van der Waals surface area (Å²) in [4.78, 5) is 20.6. The van der Waals surface area contributed by atoms with Crippen molar-refractivity contribution in [2.45, 2.75) is 63.6 Å². The summed E-state index contributed by atoms with van der Waals surface area (Å²) in [6.07, 6.45) is 7.70. The Balaban J connectivity index is 0.00000240. The lowest BCUT2D eigenvalue weighted by Crippen LogP contribution is -2.72. The van der Waals surface area contributed by atoms with Crippen LogP contribution in [0.15, 0.2) is 4.99 Å². The molecule has 3 unspecified atom stereocenters. The standard InChI is InChI=1S/C21H37N5O2.HI/c1-4-22-20(23-15-6-11-26(12-7-15)14-17(27)25(2)3)24-18-16-8-13-28-19(16)21(18)9-5-10-21;/h15-16,18-19H,4-14H2,1-3H3,(H2,22,23,24);1H. The van der Waals surface area contributed by atoms with Crippen molar-refractivity contribution in [3.63, 3.8) is 0 Å². The Labute approximate surface area is 192 Å². The number of carbonyl (C=O) groups is 1. The number of nitrogens with zero attached hydrogens (tertiary/aromatic N) is 3. The summed E-state index contributed by atoms with van der Waals surface area (Å²) in [6.45, 7) is 6.26. The predicted molar refractivity (Wildman–Crippen MR) is 126 cm³/mol. The molecule has 29 heavy (non-hydrogen) atoms. The second-order valence-electron chi connectivity index (χ2n) is 9.26. The molecule has 4 rings (SSSR count). The van der Waals surface area contributed by atoms with Gasteiger partial charge >= 0.3 is 0 Å². The highest BCUT2D eigenvalue weighted by molar-refractivity contribution is 14.0. The van der Waals surface area contributed by atoms with Gasteiger partial charge in [-0.1, -0.05) is 6.42 Å². The van der Waals surface area contributed by atoms with E-state index in [1.807, 2.05) is 14.1 Å². The van der Waals surface area contributed by atoms with Gasteiger partial charge in [-0.15, -0.1) is 24.0 Å². The van der Waals surface area contributed by atoms with Crippen molar-refractivity contribution in [2.75, 3.05) is 46.9 Å². The molecule has 2 saturated heterocycles. The fourth-order valence-electron chi connectivity index (χ4n) is 5.66. The van der Waals surface area contributed by atoms with Crippen LogP contribution in [0.4, 0.5) is 0 Å². The smallest absolute Gasteiger partial charge is 0.236 e. The van der Waals surface area contributed by atoms with E-state index in [9.17, 15) is 4.79 Å².